The highest BCUT2D eigenvalue weighted by molar-refractivity contribution is 7.70. The maximum absolute atomic E-state index is 3.04. The van der Waals surface area contributed by atoms with Crippen LogP contribution in [0.25, 0.3) is 0 Å². The molecule has 0 saturated carbocycles. The second kappa shape index (κ2) is 10.7. The summed E-state index contributed by atoms with van der Waals surface area (Å²) in [5, 5.41) is 0. The quantitative estimate of drug-likeness (QED) is 0.384. The Balaban J connectivity index is 1.99. The van der Waals surface area contributed by atoms with Crippen molar-refractivity contribution in [3.05, 3.63) is 71.8 Å². The summed E-state index contributed by atoms with van der Waals surface area (Å²) in [6, 6.07) is 22.8. The predicted molar refractivity (Wildman–Crippen MR) is 124 cm³/mol. The van der Waals surface area contributed by atoms with Gasteiger partial charge in [0.25, 0.3) is 0 Å². The highest BCUT2D eigenvalue weighted by atomic mass is 31.2. The molecular formula is C24H35NP2. The molecule has 0 amide bonds. The van der Waals surface area contributed by atoms with Crippen LogP contribution in [0.1, 0.15) is 68.9 Å². The Labute approximate surface area is 169 Å². The average Bonchev–Trinajstić information content (AvgIpc) is 3.17. The number of hydrogen-bond acceptors (Lipinski definition) is 1. The Kier molecular flexibility index (Phi) is 8.32. The molecule has 0 spiro atoms. The zero-order valence-corrected chi connectivity index (χ0v) is 19.0. The molecule has 0 aromatic heterocycles. The first-order valence-electron chi connectivity index (χ1n) is 10.7. The van der Waals surface area contributed by atoms with Crippen molar-refractivity contribution in [3.63, 3.8) is 0 Å². The standard InChI is InChI=1S/C24H35NP2/c1-4-7-20-25(26(5-2)6-3)27-23(21-14-10-8-11-15-21)18-19-24(27)22-16-12-9-13-17-22/h8-17,23-24H,4-7,18-20H2,1-3H3. The van der Waals surface area contributed by atoms with E-state index in [0.29, 0.717) is 0 Å². The predicted octanol–water partition coefficient (Wildman–Crippen LogP) is 8.20. The molecule has 27 heavy (non-hydrogen) atoms. The fraction of sp³-hybridized carbons (Fsp3) is 0.500. The Morgan fingerprint density at radius 3 is 1.70 bits per heavy atom. The number of hydrogen-bond donors (Lipinski definition) is 0. The van der Waals surface area contributed by atoms with Gasteiger partial charge in [-0.05, 0) is 58.9 Å². The molecule has 2 aromatic rings. The van der Waals surface area contributed by atoms with E-state index < -0.39 is 0 Å². The van der Waals surface area contributed by atoms with Crippen LogP contribution in [-0.2, 0) is 0 Å². The van der Waals surface area contributed by atoms with E-state index in [1.807, 2.05) is 0 Å². The van der Waals surface area contributed by atoms with Gasteiger partial charge in [-0.3, -0.25) is 4.44 Å². The molecule has 3 rings (SSSR count). The third kappa shape index (κ3) is 5.00. The van der Waals surface area contributed by atoms with E-state index in [4.69, 9.17) is 0 Å². The summed E-state index contributed by atoms with van der Waals surface area (Å²) in [7, 11) is -0.203. The van der Waals surface area contributed by atoms with Gasteiger partial charge in [0.05, 0.1) is 0 Å². The van der Waals surface area contributed by atoms with E-state index in [0.717, 1.165) is 11.3 Å². The molecule has 1 fully saturated rings. The minimum atomic E-state index is -0.188. The van der Waals surface area contributed by atoms with Gasteiger partial charge in [0, 0.05) is 17.9 Å². The average molecular weight is 399 g/mol. The highest BCUT2D eigenvalue weighted by Crippen LogP contribution is 2.76. The first-order valence-corrected chi connectivity index (χ1v) is 13.8. The summed E-state index contributed by atoms with van der Waals surface area (Å²) in [4.78, 5) is 0. The van der Waals surface area contributed by atoms with Crippen LogP contribution in [-0.4, -0.2) is 23.3 Å². The van der Waals surface area contributed by atoms with Crippen LogP contribution in [0.3, 0.4) is 0 Å². The molecule has 0 aliphatic carbocycles. The van der Waals surface area contributed by atoms with Gasteiger partial charge < -0.3 is 0 Å². The van der Waals surface area contributed by atoms with Crippen molar-refractivity contribution < 1.29 is 0 Å². The van der Waals surface area contributed by atoms with Crippen LogP contribution in [0, 0.1) is 0 Å². The zero-order valence-electron chi connectivity index (χ0n) is 17.2. The van der Waals surface area contributed by atoms with E-state index in [-0.39, 0.29) is 16.1 Å². The van der Waals surface area contributed by atoms with Gasteiger partial charge >= 0.3 is 0 Å². The third-order valence-electron chi connectivity index (χ3n) is 5.76. The Hall–Kier alpha value is -0.740. The Morgan fingerprint density at radius 2 is 1.30 bits per heavy atom. The second-order valence-electron chi connectivity index (χ2n) is 7.40. The maximum atomic E-state index is 3.04. The van der Waals surface area contributed by atoms with Crippen molar-refractivity contribution in [2.24, 2.45) is 0 Å². The van der Waals surface area contributed by atoms with Crippen molar-refractivity contribution in [3.8, 4) is 0 Å². The summed E-state index contributed by atoms with van der Waals surface area (Å²) in [5.41, 5.74) is 4.61. The van der Waals surface area contributed by atoms with Gasteiger partial charge in [0.1, 0.15) is 0 Å². The molecule has 1 aliphatic rings. The van der Waals surface area contributed by atoms with E-state index in [1.165, 1.54) is 44.6 Å². The molecule has 2 aromatic carbocycles. The molecule has 0 radical (unpaired) electrons. The topological polar surface area (TPSA) is 3.24 Å². The van der Waals surface area contributed by atoms with Crippen LogP contribution in [0.5, 0.6) is 0 Å². The largest absolute Gasteiger partial charge is 0.259 e. The smallest absolute Gasteiger partial charge is 0.0183 e. The molecule has 1 aliphatic heterocycles. The molecule has 146 valence electrons. The lowest BCUT2D eigenvalue weighted by Gasteiger charge is -2.42. The summed E-state index contributed by atoms with van der Waals surface area (Å²) in [6.45, 7) is 8.45. The zero-order chi connectivity index (χ0) is 19.1. The summed E-state index contributed by atoms with van der Waals surface area (Å²) >= 11 is 0. The van der Waals surface area contributed by atoms with Crippen LogP contribution in [0.2, 0.25) is 0 Å². The third-order valence-corrected chi connectivity index (χ3v) is 12.6. The molecular weight excluding hydrogens is 364 g/mol. The van der Waals surface area contributed by atoms with E-state index >= 15 is 0 Å². The lowest BCUT2D eigenvalue weighted by Crippen LogP contribution is -2.19. The Bertz CT molecular complexity index is 609. The van der Waals surface area contributed by atoms with Crippen molar-refractivity contribution in [2.45, 2.75) is 57.8 Å². The van der Waals surface area contributed by atoms with Gasteiger partial charge in [-0.25, -0.2) is 0 Å². The summed E-state index contributed by atoms with van der Waals surface area (Å²) in [6.07, 6.45) is 7.97. The molecule has 2 atom stereocenters. The van der Waals surface area contributed by atoms with Crippen LogP contribution >= 0.6 is 16.1 Å². The molecule has 1 nitrogen and oxygen atoms in total. The lowest BCUT2D eigenvalue weighted by molar-refractivity contribution is 0.625. The van der Waals surface area contributed by atoms with Gasteiger partial charge in [-0.2, -0.15) is 0 Å². The van der Waals surface area contributed by atoms with Crippen LogP contribution in [0.15, 0.2) is 60.7 Å². The van der Waals surface area contributed by atoms with Crippen molar-refractivity contribution in [2.75, 3.05) is 18.9 Å². The first kappa shape index (κ1) is 21.0. The second-order valence-corrected chi connectivity index (χ2v) is 13.0. The highest BCUT2D eigenvalue weighted by Gasteiger charge is 2.42. The van der Waals surface area contributed by atoms with Gasteiger partial charge in [-0.15, -0.1) is 0 Å². The van der Waals surface area contributed by atoms with Gasteiger partial charge in [0.15, 0.2) is 0 Å². The first-order chi connectivity index (χ1) is 13.3. The fourth-order valence-corrected chi connectivity index (χ4v) is 11.8. The minimum Gasteiger partial charge on any atom is -0.259 e. The SMILES string of the molecule is CCCCN(P(CC)CC)P1C(c2ccccc2)CCC1c1ccccc1. The molecule has 3 heteroatoms. The summed E-state index contributed by atoms with van der Waals surface area (Å²) in [5.74, 6) is 0. The van der Waals surface area contributed by atoms with E-state index in [1.54, 1.807) is 11.1 Å². The Morgan fingerprint density at radius 1 is 0.815 bits per heavy atom. The number of benzene rings is 2. The van der Waals surface area contributed by atoms with Gasteiger partial charge in [-0.1, -0.05) is 87.9 Å². The molecule has 2 unspecified atom stereocenters. The fourth-order valence-electron chi connectivity index (χ4n) is 4.36. The lowest BCUT2D eigenvalue weighted by atomic mass is 10.0. The van der Waals surface area contributed by atoms with E-state index in [9.17, 15) is 0 Å². The van der Waals surface area contributed by atoms with Crippen LogP contribution < -0.4 is 0 Å². The number of nitrogens with zero attached hydrogens (tertiary/aromatic N) is 1. The molecule has 1 heterocycles. The minimum absolute atomic E-state index is 0.0141. The maximum Gasteiger partial charge on any atom is 0.0183 e. The number of unbranched alkanes of at least 4 members (excludes halogenated alkanes) is 1. The van der Waals surface area contributed by atoms with Crippen molar-refractivity contribution in [1.29, 1.82) is 0 Å². The van der Waals surface area contributed by atoms with E-state index in [2.05, 4.69) is 85.9 Å². The molecule has 1 saturated heterocycles. The van der Waals surface area contributed by atoms with Crippen LogP contribution in [0.4, 0.5) is 0 Å². The molecule has 0 N–H and O–H groups in total. The van der Waals surface area contributed by atoms with Gasteiger partial charge in [0.2, 0.25) is 0 Å². The monoisotopic (exact) mass is 399 g/mol. The normalized spacial score (nSPS) is 22.6. The van der Waals surface area contributed by atoms with Crippen molar-refractivity contribution >= 4 is 16.1 Å². The van der Waals surface area contributed by atoms with Crippen molar-refractivity contribution in [1.82, 2.24) is 4.44 Å². The molecule has 0 bridgehead atoms. The number of rotatable bonds is 9. The summed E-state index contributed by atoms with van der Waals surface area (Å²) < 4.78 is 3.04.